The number of cyclic esters (lactones) is 1. The Balaban J connectivity index is 2.45. The average Bonchev–Trinajstić information content (AvgIpc) is 2.82. The summed E-state index contributed by atoms with van der Waals surface area (Å²) in [5.41, 5.74) is 0.822. The third-order valence-corrected chi connectivity index (χ3v) is 5.01. The summed E-state index contributed by atoms with van der Waals surface area (Å²) in [5.74, 6) is 2.22. The number of halogens is 2. The molecule has 36 heavy (non-hydrogen) atoms. The molecular weight excluding hydrogens is 491 g/mol. The van der Waals surface area contributed by atoms with Crippen LogP contribution in [0.15, 0.2) is 59.0 Å². The van der Waals surface area contributed by atoms with E-state index in [2.05, 4.69) is 17.2 Å². The first kappa shape index (κ1) is 30.7. The van der Waals surface area contributed by atoms with Gasteiger partial charge in [0.1, 0.15) is 6.10 Å². The smallest absolute Gasteiger partial charge is 0.373 e. The minimum atomic E-state index is -2.29. The molecule has 4 atom stereocenters. The van der Waals surface area contributed by atoms with Crippen LogP contribution in [0.4, 0.5) is 4.39 Å². The van der Waals surface area contributed by atoms with Crippen molar-refractivity contribution < 1.29 is 33.4 Å². The Morgan fingerprint density at radius 1 is 1.39 bits per heavy atom. The van der Waals surface area contributed by atoms with Gasteiger partial charge in [-0.2, -0.15) is 0 Å². The van der Waals surface area contributed by atoms with Crippen LogP contribution in [0.1, 0.15) is 40.0 Å². The van der Waals surface area contributed by atoms with Crippen LogP contribution >= 0.6 is 11.6 Å². The summed E-state index contributed by atoms with van der Waals surface area (Å²) in [4.78, 5) is 35.2. The van der Waals surface area contributed by atoms with Crippen LogP contribution < -0.4 is 10.6 Å². The maximum absolute atomic E-state index is 13.9. The lowest BCUT2D eigenvalue weighted by Crippen LogP contribution is -2.41. The zero-order chi connectivity index (χ0) is 27.1. The summed E-state index contributed by atoms with van der Waals surface area (Å²) < 4.78 is 24.2. The number of ether oxygens (including phenoxy) is 2. The number of rotatable bonds is 11. The van der Waals surface area contributed by atoms with E-state index in [1.54, 1.807) is 25.2 Å². The van der Waals surface area contributed by atoms with Crippen molar-refractivity contribution in [2.24, 2.45) is 5.92 Å². The number of alkyl halides is 1. The molecular formula is C26H32ClFN2O6. The van der Waals surface area contributed by atoms with Crippen LogP contribution in [0.3, 0.4) is 0 Å². The summed E-state index contributed by atoms with van der Waals surface area (Å²) in [6.07, 6.45) is 8.77. The van der Waals surface area contributed by atoms with E-state index in [1.165, 1.54) is 25.5 Å². The summed E-state index contributed by atoms with van der Waals surface area (Å²) >= 11 is 5.68. The second-order valence-electron chi connectivity index (χ2n) is 7.99. The minimum Gasteiger partial charge on any atom is -0.490 e. The van der Waals surface area contributed by atoms with Crippen molar-refractivity contribution in [1.29, 1.82) is 0 Å². The largest absolute Gasteiger partial charge is 0.490 e. The number of methoxy groups -OCH3 is 1. The lowest BCUT2D eigenvalue weighted by atomic mass is 9.97. The summed E-state index contributed by atoms with van der Waals surface area (Å²) in [5, 5.41) is 14.3. The Kier molecular flexibility index (Phi) is 13.9. The van der Waals surface area contributed by atoms with Crippen molar-refractivity contribution in [3.63, 3.8) is 0 Å². The predicted octanol–water partition coefficient (Wildman–Crippen LogP) is 3.30. The molecule has 0 bridgehead atoms. The van der Waals surface area contributed by atoms with Crippen LogP contribution in [0.25, 0.3) is 0 Å². The molecule has 0 aromatic carbocycles. The Morgan fingerprint density at radius 3 is 2.75 bits per heavy atom. The van der Waals surface area contributed by atoms with E-state index in [4.69, 9.17) is 21.1 Å². The number of hydrogen-bond donors (Lipinski definition) is 3. The van der Waals surface area contributed by atoms with Crippen LogP contribution in [0.5, 0.6) is 0 Å². The SMILES string of the molecule is COC1=CC[C@@H]([C@@H](C)/C=C(C)/C=C\C#CC(=O)N[C@@H](F)C(=O)N/C=C\C[C@@H](O)C/C=C(\C)Cl)OC1=O. The molecule has 10 heteroatoms. The third kappa shape index (κ3) is 12.4. The molecule has 196 valence electrons. The summed E-state index contributed by atoms with van der Waals surface area (Å²) in [6, 6.07) is 0. The van der Waals surface area contributed by atoms with Gasteiger partial charge in [0.25, 0.3) is 18.1 Å². The van der Waals surface area contributed by atoms with Gasteiger partial charge >= 0.3 is 5.97 Å². The highest BCUT2D eigenvalue weighted by Gasteiger charge is 2.26. The number of hydrogen-bond acceptors (Lipinski definition) is 6. The van der Waals surface area contributed by atoms with Crippen LogP contribution in [0, 0.1) is 17.8 Å². The first-order valence-corrected chi connectivity index (χ1v) is 11.6. The van der Waals surface area contributed by atoms with Gasteiger partial charge in [-0.05, 0) is 51.0 Å². The highest BCUT2D eigenvalue weighted by Crippen LogP contribution is 2.22. The summed E-state index contributed by atoms with van der Waals surface area (Å²) in [7, 11) is 1.41. The Bertz CT molecular complexity index is 1000. The molecule has 0 saturated heterocycles. The number of esters is 1. The van der Waals surface area contributed by atoms with Crippen LogP contribution in [-0.4, -0.2) is 48.5 Å². The van der Waals surface area contributed by atoms with Crippen molar-refractivity contribution in [1.82, 2.24) is 10.6 Å². The normalized spacial score (nSPS) is 19.0. The maximum Gasteiger partial charge on any atom is 0.373 e. The first-order valence-electron chi connectivity index (χ1n) is 11.2. The van der Waals surface area contributed by atoms with Gasteiger partial charge in [0.15, 0.2) is 5.76 Å². The number of nitrogens with one attached hydrogen (secondary N) is 2. The number of aliphatic hydroxyl groups is 1. The first-order chi connectivity index (χ1) is 17.0. The standard InChI is InChI=1S/C26H32ClFN2O6/c1-17(16-18(2)21-13-14-22(35-4)26(34)36-21)8-5-6-10-23(32)30-24(28)25(33)29-15-7-9-20(31)12-11-19(3)27/h5,7-8,11,14-16,18,20-21,24,31H,9,12-13H2,1-4H3,(H,29,33)(H,30,32)/b8-5-,15-7-,17-16+,19-11+/t18-,20+,21-,24+/m0/s1. The summed E-state index contributed by atoms with van der Waals surface area (Å²) in [6.45, 7) is 5.42. The third-order valence-electron chi connectivity index (χ3n) is 4.85. The van der Waals surface area contributed by atoms with Gasteiger partial charge in [-0.15, -0.1) is 0 Å². The van der Waals surface area contributed by atoms with Crippen LogP contribution in [0.2, 0.25) is 0 Å². The molecule has 0 fully saturated rings. The number of carbonyl (C=O) groups excluding carboxylic acids is 3. The second-order valence-corrected chi connectivity index (χ2v) is 8.58. The van der Waals surface area contributed by atoms with Crippen molar-refractivity contribution in [2.45, 2.75) is 58.5 Å². The fourth-order valence-electron chi connectivity index (χ4n) is 2.95. The van der Waals surface area contributed by atoms with E-state index in [1.807, 2.05) is 25.2 Å². The lowest BCUT2D eigenvalue weighted by molar-refractivity contribution is -0.151. The van der Waals surface area contributed by atoms with E-state index in [-0.39, 0.29) is 24.2 Å². The molecule has 0 aliphatic carbocycles. The zero-order valence-corrected chi connectivity index (χ0v) is 21.5. The molecule has 0 aromatic heterocycles. The van der Waals surface area contributed by atoms with Gasteiger partial charge in [-0.1, -0.05) is 54.3 Å². The van der Waals surface area contributed by atoms with Gasteiger partial charge in [-0.3, -0.25) is 9.59 Å². The molecule has 1 rings (SSSR count). The van der Waals surface area contributed by atoms with Crippen molar-refractivity contribution in [3.8, 4) is 11.8 Å². The molecule has 0 unspecified atom stereocenters. The predicted molar refractivity (Wildman–Crippen MR) is 135 cm³/mol. The van der Waals surface area contributed by atoms with Gasteiger partial charge in [0, 0.05) is 17.4 Å². The number of amides is 2. The molecule has 2 amide bonds. The van der Waals surface area contributed by atoms with E-state index in [0.29, 0.717) is 17.9 Å². The highest BCUT2D eigenvalue weighted by atomic mass is 35.5. The Hall–Kier alpha value is -3.35. The van der Waals surface area contributed by atoms with E-state index < -0.39 is 30.2 Å². The van der Waals surface area contributed by atoms with E-state index in [0.717, 1.165) is 5.57 Å². The van der Waals surface area contributed by atoms with Crippen molar-refractivity contribution in [2.75, 3.05) is 7.11 Å². The number of aliphatic hydroxyl groups excluding tert-OH is 1. The van der Waals surface area contributed by atoms with E-state index >= 15 is 0 Å². The Labute approximate surface area is 215 Å². The van der Waals surface area contributed by atoms with Crippen molar-refractivity contribution in [3.05, 3.63) is 59.0 Å². The fourth-order valence-corrected chi connectivity index (χ4v) is 3.04. The zero-order valence-electron chi connectivity index (χ0n) is 20.7. The molecule has 1 aliphatic rings. The molecule has 0 radical (unpaired) electrons. The topological polar surface area (TPSA) is 114 Å². The number of carbonyl (C=O) groups is 3. The highest BCUT2D eigenvalue weighted by molar-refractivity contribution is 6.29. The van der Waals surface area contributed by atoms with Gasteiger partial charge in [0.05, 0.1) is 13.2 Å². The average molecular weight is 523 g/mol. The molecule has 1 heterocycles. The van der Waals surface area contributed by atoms with Crippen molar-refractivity contribution >= 4 is 29.4 Å². The van der Waals surface area contributed by atoms with E-state index in [9.17, 15) is 23.9 Å². The molecule has 0 saturated carbocycles. The molecule has 0 spiro atoms. The van der Waals surface area contributed by atoms with Gasteiger partial charge in [0.2, 0.25) is 0 Å². The molecule has 8 nitrogen and oxygen atoms in total. The molecule has 1 aliphatic heterocycles. The molecule has 0 aromatic rings. The van der Waals surface area contributed by atoms with Crippen LogP contribution in [-0.2, 0) is 23.9 Å². The number of allylic oxidation sites excluding steroid dienone is 4. The lowest BCUT2D eigenvalue weighted by Gasteiger charge is -2.25. The second kappa shape index (κ2) is 16.3. The monoisotopic (exact) mass is 522 g/mol. The Morgan fingerprint density at radius 2 is 2.11 bits per heavy atom. The van der Waals surface area contributed by atoms with Gasteiger partial charge in [-0.25, -0.2) is 9.18 Å². The van der Waals surface area contributed by atoms with Gasteiger partial charge < -0.3 is 25.2 Å². The molecule has 3 N–H and O–H groups in total. The minimum absolute atomic E-state index is 0.0701. The quantitative estimate of drug-likeness (QED) is 0.166. The fraction of sp³-hybridized carbons (Fsp3) is 0.423. The maximum atomic E-state index is 13.9.